The zero-order valence-corrected chi connectivity index (χ0v) is 34.1. The van der Waals surface area contributed by atoms with E-state index < -0.39 is 48.3 Å². The van der Waals surface area contributed by atoms with Crippen molar-refractivity contribution in [2.45, 2.75) is 123 Å². The number of esters is 1. The van der Waals surface area contributed by atoms with Crippen LogP contribution < -0.4 is 16.0 Å². The summed E-state index contributed by atoms with van der Waals surface area (Å²) in [5, 5.41) is 8.88. The fourth-order valence-corrected chi connectivity index (χ4v) is 7.54. The number of hydrogen-bond donors (Lipinski definition) is 3. The van der Waals surface area contributed by atoms with Crippen LogP contribution in [-0.2, 0) is 44.6 Å². The van der Waals surface area contributed by atoms with Crippen LogP contribution in [0.3, 0.4) is 0 Å². The summed E-state index contributed by atoms with van der Waals surface area (Å²) in [5.41, 5.74) is 0.875. The van der Waals surface area contributed by atoms with Crippen LogP contribution in [0.2, 0.25) is 0 Å². The van der Waals surface area contributed by atoms with E-state index >= 15 is 0 Å². The summed E-state index contributed by atoms with van der Waals surface area (Å²) in [7, 11) is 7.81. The number of carbonyl (C=O) groups is 5. The van der Waals surface area contributed by atoms with Gasteiger partial charge in [0.05, 0.1) is 49.8 Å². The van der Waals surface area contributed by atoms with Crippen LogP contribution in [0.5, 0.6) is 0 Å². The number of rotatable bonds is 21. The maximum absolute atomic E-state index is 14.2. The highest BCUT2D eigenvalue weighted by Crippen LogP contribution is 2.30. The zero-order chi connectivity index (χ0) is 40.0. The van der Waals surface area contributed by atoms with E-state index in [1.807, 2.05) is 71.9 Å². The topological polar surface area (TPSA) is 156 Å². The van der Waals surface area contributed by atoms with E-state index in [0.29, 0.717) is 13.0 Å². The normalized spacial score (nSPS) is 19.1. The largest absolute Gasteiger partial charge is 0.467 e. The lowest BCUT2D eigenvalue weighted by atomic mass is 9.89. The number of ether oxygens (including phenoxy) is 3. The van der Waals surface area contributed by atoms with Crippen molar-refractivity contribution in [1.82, 2.24) is 25.8 Å². The van der Waals surface area contributed by atoms with Gasteiger partial charge in [0.2, 0.25) is 23.6 Å². The number of nitrogens with zero attached hydrogens (tertiary/aromatic N) is 2. The molecule has 13 nitrogen and oxygen atoms in total. The number of likely N-dealkylation sites (N-methyl/N-ethyl adjacent to an activating group) is 2. The van der Waals surface area contributed by atoms with Gasteiger partial charge in [-0.15, -0.1) is 0 Å². The van der Waals surface area contributed by atoms with Crippen molar-refractivity contribution in [1.29, 1.82) is 0 Å². The predicted molar refractivity (Wildman–Crippen MR) is 205 cm³/mol. The first kappa shape index (κ1) is 45.6. The van der Waals surface area contributed by atoms with Crippen LogP contribution in [-0.4, -0.2) is 124 Å². The molecule has 0 saturated carbocycles. The minimum atomic E-state index is -0.889. The molecule has 0 bridgehead atoms. The van der Waals surface area contributed by atoms with Crippen molar-refractivity contribution >= 4 is 29.6 Å². The van der Waals surface area contributed by atoms with Crippen LogP contribution in [0.15, 0.2) is 30.3 Å². The Balaban J connectivity index is 2.27. The summed E-state index contributed by atoms with van der Waals surface area (Å²) in [6.45, 7) is 14.0. The molecule has 3 N–H and O–H groups in total. The molecule has 6 unspecified atom stereocenters. The molecular formula is C40H67N5O8. The smallest absolute Gasteiger partial charge is 0.328 e. The zero-order valence-electron chi connectivity index (χ0n) is 34.1. The van der Waals surface area contributed by atoms with Crippen molar-refractivity contribution in [3.63, 3.8) is 0 Å². The number of benzene rings is 1. The van der Waals surface area contributed by atoms with Crippen molar-refractivity contribution in [2.75, 3.05) is 42.0 Å². The van der Waals surface area contributed by atoms with E-state index in [1.165, 1.54) is 14.2 Å². The quantitative estimate of drug-likeness (QED) is 0.161. The Labute approximate surface area is 317 Å². The molecule has 13 heteroatoms. The van der Waals surface area contributed by atoms with Gasteiger partial charge in [0.1, 0.15) is 12.1 Å². The third-order valence-electron chi connectivity index (χ3n) is 10.8. The fraction of sp³-hybridized carbons (Fsp3) is 0.725. The van der Waals surface area contributed by atoms with E-state index in [-0.39, 0.29) is 60.3 Å². The highest BCUT2D eigenvalue weighted by Gasteiger charge is 2.43. The van der Waals surface area contributed by atoms with Gasteiger partial charge in [0, 0.05) is 34.2 Å². The van der Waals surface area contributed by atoms with E-state index in [0.717, 1.165) is 18.4 Å². The molecule has 1 aromatic carbocycles. The molecular weight excluding hydrogens is 678 g/mol. The molecule has 4 amide bonds. The van der Waals surface area contributed by atoms with Crippen LogP contribution in [0.1, 0.15) is 79.7 Å². The molecule has 1 fully saturated rings. The molecule has 1 aromatic rings. The van der Waals surface area contributed by atoms with Crippen LogP contribution in [0.4, 0.5) is 0 Å². The maximum Gasteiger partial charge on any atom is 0.328 e. The predicted octanol–water partition coefficient (Wildman–Crippen LogP) is 3.19. The number of amides is 4. The van der Waals surface area contributed by atoms with Crippen molar-refractivity contribution in [2.24, 2.45) is 23.7 Å². The molecule has 53 heavy (non-hydrogen) atoms. The van der Waals surface area contributed by atoms with Gasteiger partial charge in [-0.1, -0.05) is 85.2 Å². The second-order valence-electron chi connectivity index (χ2n) is 15.1. The molecule has 1 aliphatic heterocycles. The summed E-state index contributed by atoms with van der Waals surface area (Å²) in [6.07, 6.45) is 1.08. The van der Waals surface area contributed by atoms with Crippen molar-refractivity contribution < 1.29 is 38.2 Å². The first-order valence-corrected chi connectivity index (χ1v) is 19.1. The lowest BCUT2D eigenvalue weighted by molar-refractivity contribution is -0.148. The first-order valence-electron chi connectivity index (χ1n) is 19.1. The van der Waals surface area contributed by atoms with Gasteiger partial charge in [0.15, 0.2) is 0 Å². The molecule has 2 rings (SSSR count). The highest BCUT2D eigenvalue weighted by atomic mass is 16.5. The van der Waals surface area contributed by atoms with Gasteiger partial charge < -0.3 is 40.0 Å². The van der Waals surface area contributed by atoms with Crippen LogP contribution in [0, 0.1) is 23.7 Å². The van der Waals surface area contributed by atoms with Crippen LogP contribution in [0.25, 0.3) is 0 Å². The highest BCUT2D eigenvalue weighted by molar-refractivity contribution is 5.90. The van der Waals surface area contributed by atoms with Crippen LogP contribution >= 0.6 is 0 Å². The van der Waals surface area contributed by atoms with Crippen molar-refractivity contribution in [3.05, 3.63) is 35.9 Å². The number of hydrogen-bond acceptors (Lipinski definition) is 9. The van der Waals surface area contributed by atoms with E-state index in [2.05, 4.69) is 16.0 Å². The lowest BCUT2D eigenvalue weighted by Crippen LogP contribution is -2.59. The Bertz CT molecular complexity index is 1330. The molecule has 0 aromatic heterocycles. The second kappa shape index (κ2) is 22.0. The number of carbonyl (C=O) groups excluding carboxylic acids is 5. The minimum Gasteiger partial charge on any atom is -0.467 e. The molecule has 1 saturated heterocycles. The number of methoxy groups -OCH3 is 3. The molecule has 0 radical (unpaired) electrons. The molecule has 0 aliphatic carbocycles. The van der Waals surface area contributed by atoms with E-state index in [9.17, 15) is 24.0 Å². The van der Waals surface area contributed by atoms with E-state index in [1.54, 1.807) is 37.9 Å². The Kier molecular flexibility index (Phi) is 18.9. The Morgan fingerprint density at radius 1 is 0.887 bits per heavy atom. The SMILES string of the molecule is CCC(C)[C@@H](C(CC(=O)N1CCC[C@H]1C(OC)[C@@H](C)C(=O)NC(Cc1ccccc1)C(=O)OC)OC)N(C)C(=O)C(NC(=O)C(NC)C(C)C)C(C)C. The third kappa shape index (κ3) is 12.2. The number of nitrogens with one attached hydrogen (secondary N) is 3. The first-order chi connectivity index (χ1) is 25.1. The Hall–Kier alpha value is -3.55. The molecule has 9 atom stereocenters. The second-order valence-corrected chi connectivity index (χ2v) is 15.1. The lowest BCUT2D eigenvalue weighted by Gasteiger charge is -2.41. The van der Waals surface area contributed by atoms with Gasteiger partial charge in [-0.2, -0.15) is 0 Å². The standard InChI is InChI=1S/C40H67N5O8/c1-13-26(6)35(44(9)39(49)34(25(4)5)43-38(48)33(41-8)24(2)3)31(51-10)23-32(46)45-21-17-20-30(45)36(52-11)27(7)37(47)42-29(40(50)53-12)22-28-18-15-14-16-19-28/h14-16,18-19,24-27,29-31,33-36,41H,13,17,20-23H2,1-12H3,(H,42,47)(H,43,48)/t26?,27-,29?,30+,31?,33?,34?,35+,36?/m1/s1. The molecule has 0 spiro atoms. The summed E-state index contributed by atoms with van der Waals surface area (Å²) in [4.78, 5) is 71.2. The Morgan fingerprint density at radius 2 is 1.51 bits per heavy atom. The molecule has 300 valence electrons. The average Bonchev–Trinajstić information content (AvgIpc) is 3.62. The summed E-state index contributed by atoms with van der Waals surface area (Å²) >= 11 is 0. The Morgan fingerprint density at radius 3 is 2.02 bits per heavy atom. The van der Waals surface area contributed by atoms with Gasteiger partial charge in [0.25, 0.3) is 0 Å². The fourth-order valence-electron chi connectivity index (χ4n) is 7.54. The molecule has 1 heterocycles. The molecule has 1 aliphatic rings. The maximum atomic E-state index is 14.2. The van der Waals surface area contributed by atoms with Gasteiger partial charge in [-0.25, -0.2) is 4.79 Å². The number of likely N-dealkylation sites (tertiary alicyclic amines) is 1. The van der Waals surface area contributed by atoms with Gasteiger partial charge in [-0.05, 0) is 43.2 Å². The van der Waals surface area contributed by atoms with E-state index in [4.69, 9.17) is 14.2 Å². The third-order valence-corrected chi connectivity index (χ3v) is 10.8. The summed E-state index contributed by atoms with van der Waals surface area (Å²) in [6, 6.07) is 6.41. The summed E-state index contributed by atoms with van der Waals surface area (Å²) in [5.74, 6) is -2.47. The monoisotopic (exact) mass is 745 g/mol. The average molecular weight is 746 g/mol. The summed E-state index contributed by atoms with van der Waals surface area (Å²) < 4.78 is 16.9. The van der Waals surface area contributed by atoms with Gasteiger partial charge >= 0.3 is 5.97 Å². The minimum absolute atomic E-state index is 0.00596. The van der Waals surface area contributed by atoms with Gasteiger partial charge in [-0.3, -0.25) is 19.2 Å². The van der Waals surface area contributed by atoms with Crippen molar-refractivity contribution in [3.8, 4) is 0 Å².